The van der Waals surface area contributed by atoms with Gasteiger partial charge in [-0.25, -0.2) is 4.79 Å². The van der Waals surface area contributed by atoms with E-state index in [2.05, 4.69) is 17.1 Å². The van der Waals surface area contributed by atoms with Crippen LogP contribution in [0.4, 0.5) is 0 Å². The molecule has 2 heterocycles. The van der Waals surface area contributed by atoms with Gasteiger partial charge in [-0.2, -0.15) is 0 Å². The van der Waals surface area contributed by atoms with Crippen LogP contribution in [0.25, 0.3) is 0 Å². The van der Waals surface area contributed by atoms with Crippen molar-refractivity contribution in [2.24, 2.45) is 28.8 Å². The molecule has 58 heavy (non-hydrogen) atoms. The smallest absolute Gasteiger partial charge is 0.338 e. The summed E-state index contributed by atoms with van der Waals surface area (Å²) in [6.07, 6.45) is -2.76. The van der Waals surface area contributed by atoms with Crippen molar-refractivity contribution in [3.8, 4) is 0 Å². The molecule has 2 aromatic rings. The summed E-state index contributed by atoms with van der Waals surface area (Å²) in [5.74, 6) is -3.97. The second-order valence-corrected chi connectivity index (χ2v) is 16.1. The Balaban J connectivity index is 1.92. The first-order valence-electron chi connectivity index (χ1n) is 20.5. The van der Waals surface area contributed by atoms with Gasteiger partial charge in [-0.05, 0) is 78.3 Å². The standard InChI is InChI=1S/C45H65N3O10/c1-12-36-32(8)48(41(50)33-20-16-14-17-21-33)26-28(4)37(47-54-13-2)27(3)25-45(9,53-11)40(58-44-38(49)35(46-10)24-29(5)55-44)30(6)39(31(7)42(51)56-36)57-43(52)34-22-18-15-19-23-34/h13-23,27-32,35-36,38-40,44,46,49H,2,12,24-26H2,1,3-11H3/b47-37+/t27-,28?,29-,30+,31-,32?,35+,36?,38-,39?,40-,44+,45+/m1/s1. The number of methoxy groups -OCH3 is 1. The number of oxime groups is 1. The van der Waals surface area contributed by atoms with Gasteiger partial charge in [0, 0.05) is 43.0 Å². The summed E-state index contributed by atoms with van der Waals surface area (Å²) in [5.41, 5.74) is 0.229. The molecule has 320 valence electrons. The molecule has 13 nitrogen and oxygen atoms in total. The molecule has 2 aliphatic heterocycles. The Labute approximate surface area is 344 Å². The number of amides is 1. The molecule has 0 aromatic heterocycles. The first-order chi connectivity index (χ1) is 27.6. The summed E-state index contributed by atoms with van der Waals surface area (Å²) in [4.78, 5) is 49.9. The van der Waals surface area contributed by atoms with Crippen molar-refractivity contribution in [2.75, 3.05) is 20.7 Å². The van der Waals surface area contributed by atoms with Crippen LogP contribution in [0.3, 0.4) is 0 Å². The van der Waals surface area contributed by atoms with Gasteiger partial charge in [-0.15, -0.1) is 0 Å². The molecular weight excluding hydrogens is 743 g/mol. The number of rotatable bonds is 10. The molecule has 1 amide bonds. The number of likely N-dealkylation sites (N-methyl/N-ethyl adjacent to an activating group) is 1. The van der Waals surface area contributed by atoms with Crippen molar-refractivity contribution in [2.45, 2.75) is 129 Å². The molecule has 13 heteroatoms. The van der Waals surface area contributed by atoms with Crippen LogP contribution >= 0.6 is 0 Å². The zero-order chi connectivity index (χ0) is 42.7. The molecule has 0 aliphatic carbocycles. The fourth-order valence-electron chi connectivity index (χ4n) is 8.50. The highest BCUT2D eigenvalue weighted by Crippen LogP contribution is 2.39. The summed E-state index contributed by atoms with van der Waals surface area (Å²) >= 11 is 0. The number of hydrogen-bond donors (Lipinski definition) is 2. The van der Waals surface area contributed by atoms with E-state index in [9.17, 15) is 19.5 Å². The number of carbonyl (C=O) groups is 3. The minimum absolute atomic E-state index is 0.213. The number of aliphatic hydroxyl groups excluding tert-OH is 1. The van der Waals surface area contributed by atoms with Crippen LogP contribution < -0.4 is 5.32 Å². The Morgan fingerprint density at radius 1 is 1.02 bits per heavy atom. The SMILES string of the molecule is C=CO/N=C1/C(C)CN(C(=O)c2ccccc2)C(C)C(CC)OC(=O)[C@H](C)C(OC(=O)c2ccccc2)[C@H](C)[C@@H](O[C@@H]2O[C@H](C)C[C@H](NC)[C@H]2O)[C@@](C)(OC)C[C@H]1C. The van der Waals surface area contributed by atoms with Gasteiger partial charge < -0.3 is 43.8 Å². The largest absolute Gasteiger partial charge is 0.460 e. The van der Waals surface area contributed by atoms with Gasteiger partial charge in [0.15, 0.2) is 6.29 Å². The predicted octanol–water partition coefficient (Wildman–Crippen LogP) is 6.40. The van der Waals surface area contributed by atoms with Crippen LogP contribution in [0.1, 0.15) is 95.4 Å². The maximum Gasteiger partial charge on any atom is 0.338 e. The van der Waals surface area contributed by atoms with Crippen molar-refractivity contribution in [1.29, 1.82) is 0 Å². The summed E-state index contributed by atoms with van der Waals surface area (Å²) in [7, 11) is 3.34. The maximum absolute atomic E-state index is 14.5. The van der Waals surface area contributed by atoms with Crippen LogP contribution in [0, 0.1) is 23.7 Å². The third kappa shape index (κ3) is 11.1. The van der Waals surface area contributed by atoms with Gasteiger partial charge >= 0.3 is 11.9 Å². The lowest BCUT2D eigenvalue weighted by Crippen LogP contribution is -2.59. The Bertz CT molecular complexity index is 1680. The van der Waals surface area contributed by atoms with Crippen LogP contribution in [0.15, 0.2) is 78.7 Å². The van der Waals surface area contributed by atoms with Crippen molar-refractivity contribution in [1.82, 2.24) is 10.2 Å². The Kier molecular flexibility index (Phi) is 17.0. The summed E-state index contributed by atoms with van der Waals surface area (Å²) < 4.78 is 32.2. The molecule has 4 rings (SSSR count). The summed E-state index contributed by atoms with van der Waals surface area (Å²) in [6.45, 7) is 18.9. The van der Waals surface area contributed by atoms with E-state index < -0.39 is 66.1 Å². The Morgan fingerprint density at radius 3 is 2.21 bits per heavy atom. The van der Waals surface area contributed by atoms with Crippen LogP contribution in [0.5, 0.6) is 0 Å². The van der Waals surface area contributed by atoms with E-state index in [0.29, 0.717) is 29.7 Å². The van der Waals surface area contributed by atoms with Gasteiger partial charge in [-0.3, -0.25) is 9.59 Å². The summed E-state index contributed by atoms with van der Waals surface area (Å²) in [5, 5.41) is 19.2. The zero-order valence-electron chi connectivity index (χ0n) is 35.8. The molecule has 0 saturated carbocycles. The highest BCUT2D eigenvalue weighted by Gasteiger charge is 2.50. The number of esters is 2. The number of benzene rings is 2. The van der Waals surface area contributed by atoms with E-state index in [1.54, 1.807) is 80.6 Å². The number of aliphatic hydroxyl groups is 1. The number of nitrogens with zero attached hydrogens (tertiary/aromatic N) is 2. The highest BCUT2D eigenvalue weighted by molar-refractivity contribution is 5.95. The lowest BCUT2D eigenvalue weighted by Gasteiger charge is -2.47. The predicted molar refractivity (Wildman–Crippen MR) is 221 cm³/mol. The number of nitrogens with one attached hydrogen (secondary N) is 1. The first-order valence-corrected chi connectivity index (χ1v) is 20.5. The molecule has 2 aliphatic rings. The molecule has 2 saturated heterocycles. The highest BCUT2D eigenvalue weighted by atomic mass is 16.7. The van der Waals surface area contributed by atoms with E-state index in [4.69, 9.17) is 28.5 Å². The number of hydrogen-bond acceptors (Lipinski definition) is 12. The molecule has 4 unspecified atom stereocenters. The fraction of sp³-hybridized carbons (Fsp3) is 0.600. The minimum Gasteiger partial charge on any atom is -0.460 e. The fourth-order valence-corrected chi connectivity index (χ4v) is 8.50. The Morgan fingerprint density at radius 2 is 1.64 bits per heavy atom. The number of cyclic esters (lactones) is 1. The van der Waals surface area contributed by atoms with Crippen molar-refractivity contribution in [3.05, 3.63) is 84.6 Å². The van der Waals surface area contributed by atoms with E-state index in [-0.39, 0.29) is 42.9 Å². The molecule has 0 radical (unpaired) electrons. The van der Waals surface area contributed by atoms with E-state index >= 15 is 0 Å². The minimum atomic E-state index is -1.19. The third-order valence-corrected chi connectivity index (χ3v) is 11.9. The quantitative estimate of drug-likeness (QED) is 0.156. The van der Waals surface area contributed by atoms with Gasteiger partial charge in [0.05, 0.1) is 41.0 Å². The zero-order valence-corrected chi connectivity index (χ0v) is 35.8. The van der Waals surface area contributed by atoms with E-state index in [1.807, 2.05) is 54.5 Å². The van der Waals surface area contributed by atoms with Crippen molar-refractivity contribution < 1.29 is 48.0 Å². The lowest BCUT2D eigenvalue weighted by molar-refractivity contribution is -0.296. The molecular formula is C45H65N3O10. The second-order valence-electron chi connectivity index (χ2n) is 16.1. The van der Waals surface area contributed by atoms with E-state index in [0.717, 1.165) is 0 Å². The molecule has 2 fully saturated rings. The molecule has 0 bridgehead atoms. The van der Waals surface area contributed by atoms with Crippen LogP contribution in [-0.2, 0) is 33.3 Å². The Hall–Kier alpha value is -4.14. The maximum atomic E-state index is 14.5. The monoisotopic (exact) mass is 807 g/mol. The van der Waals surface area contributed by atoms with Crippen LogP contribution in [-0.4, -0.2) is 109 Å². The van der Waals surface area contributed by atoms with Gasteiger partial charge in [0.2, 0.25) is 0 Å². The summed E-state index contributed by atoms with van der Waals surface area (Å²) in [6, 6.07) is 16.6. The average Bonchev–Trinajstić information content (AvgIpc) is 3.23. The average molecular weight is 808 g/mol. The lowest BCUT2D eigenvalue weighted by atomic mass is 9.76. The number of ether oxygens (including phenoxy) is 5. The molecule has 13 atom stereocenters. The van der Waals surface area contributed by atoms with E-state index in [1.165, 1.54) is 6.26 Å². The van der Waals surface area contributed by atoms with Crippen LogP contribution in [0.2, 0.25) is 0 Å². The van der Waals surface area contributed by atoms with Crippen molar-refractivity contribution >= 4 is 23.6 Å². The second kappa shape index (κ2) is 21.2. The topological polar surface area (TPSA) is 154 Å². The number of carbonyl (C=O) groups excluding carboxylic acids is 3. The third-order valence-electron chi connectivity index (χ3n) is 11.9. The van der Waals surface area contributed by atoms with Gasteiger partial charge in [-0.1, -0.05) is 75.8 Å². The first kappa shape index (κ1) is 46.5. The van der Waals surface area contributed by atoms with Gasteiger partial charge in [0.1, 0.15) is 24.6 Å². The molecule has 2 N–H and O–H groups in total. The van der Waals surface area contributed by atoms with Gasteiger partial charge in [0.25, 0.3) is 5.91 Å². The molecule has 2 aromatic carbocycles. The normalized spacial score (nSPS) is 34.9. The molecule has 0 spiro atoms. The van der Waals surface area contributed by atoms with Crippen molar-refractivity contribution in [3.63, 3.8) is 0 Å².